The molecule has 0 aliphatic carbocycles. The third-order valence-electron chi connectivity index (χ3n) is 2.75. The maximum absolute atomic E-state index is 11.8. The standard InChI is InChI=1S/C12H16ClN3O2/c13-10-2-1-9(7-11(10)14)15-12(17)8-16-3-5-18-6-4-16/h1-2,7H,3-6,8,14H2,(H,15,17). The van der Waals surface area contributed by atoms with Gasteiger partial charge in [0.1, 0.15) is 0 Å². The van der Waals surface area contributed by atoms with Crippen molar-refractivity contribution < 1.29 is 9.53 Å². The van der Waals surface area contributed by atoms with Gasteiger partial charge in [0.2, 0.25) is 5.91 Å². The van der Waals surface area contributed by atoms with E-state index in [4.69, 9.17) is 22.1 Å². The Balaban J connectivity index is 1.88. The van der Waals surface area contributed by atoms with E-state index < -0.39 is 0 Å². The van der Waals surface area contributed by atoms with Crippen LogP contribution in [0.1, 0.15) is 0 Å². The lowest BCUT2D eigenvalue weighted by Crippen LogP contribution is -2.41. The Labute approximate surface area is 111 Å². The largest absolute Gasteiger partial charge is 0.397 e. The van der Waals surface area contributed by atoms with Crippen molar-refractivity contribution >= 4 is 28.9 Å². The van der Waals surface area contributed by atoms with Crippen molar-refractivity contribution in [2.24, 2.45) is 0 Å². The number of anilines is 2. The predicted molar refractivity (Wildman–Crippen MR) is 71.8 cm³/mol. The van der Waals surface area contributed by atoms with Crippen molar-refractivity contribution in [3.05, 3.63) is 23.2 Å². The van der Waals surface area contributed by atoms with Gasteiger partial charge in [-0.1, -0.05) is 11.6 Å². The zero-order chi connectivity index (χ0) is 13.0. The van der Waals surface area contributed by atoms with Crippen LogP contribution < -0.4 is 11.1 Å². The molecule has 1 fully saturated rings. The van der Waals surface area contributed by atoms with Crippen LogP contribution in [0.25, 0.3) is 0 Å². The summed E-state index contributed by atoms with van der Waals surface area (Å²) in [5.41, 5.74) is 6.79. The molecule has 0 bridgehead atoms. The third kappa shape index (κ3) is 3.60. The average molecular weight is 270 g/mol. The molecule has 0 atom stereocenters. The van der Waals surface area contributed by atoms with Gasteiger partial charge in [-0.05, 0) is 18.2 Å². The van der Waals surface area contributed by atoms with Crippen LogP contribution in [0.5, 0.6) is 0 Å². The molecule has 1 aromatic carbocycles. The van der Waals surface area contributed by atoms with Gasteiger partial charge >= 0.3 is 0 Å². The summed E-state index contributed by atoms with van der Waals surface area (Å²) in [5, 5.41) is 3.28. The smallest absolute Gasteiger partial charge is 0.238 e. The van der Waals surface area contributed by atoms with E-state index >= 15 is 0 Å². The van der Waals surface area contributed by atoms with E-state index in [0.717, 1.165) is 13.1 Å². The molecule has 1 aliphatic rings. The number of halogens is 1. The second kappa shape index (κ2) is 6.04. The molecule has 0 radical (unpaired) electrons. The number of rotatable bonds is 3. The van der Waals surface area contributed by atoms with E-state index in [2.05, 4.69) is 10.2 Å². The maximum atomic E-state index is 11.8. The fraction of sp³-hybridized carbons (Fsp3) is 0.417. The highest BCUT2D eigenvalue weighted by molar-refractivity contribution is 6.33. The lowest BCUT2D eigenvalue weighted by Gasteiger charge is -2.25. The molecular weight excluding hydrogens is 254 g/mol. The Kier molecular flexibility index (Phi) is 4.41. The monoisotopic (exact) mass is 269 g/mol. The first kappa shape index (κ1) is 13.1. The van der Waals surface area contributed by atoms with Crippen LogP contribution in [-0.2, 0) is 9.53 Å². The van der Waals surface area contributed by atoms with Crippen molar-refractivity contribution in [3.8, 4) is 0 Å². The lowest BCUT2D eigenvalue weighted by atomic mass is 10.3. The number of nitrogens with two attached hydrogens (primary N) is 1. The highest BCUT2D eigenvalue weighted by Crippen LogP contribution is 2.22. The summed E-state index contributed by atoms with van der Waals surface area (Å²) in [6, 6.07) is 5.05. The number of carbonyl (C=O) groups is 1. The number of nitrogens with one attached hydrogen (secondary N) is 1. The van der Waals surface area contributed by atoms with Gasteiger partial charge in [0.05, 0.1) is 30.5 Å². The van der Waals surface area contributed by atoms with Gasteiger partial charge in [0.25, 0.3) is 0 Å². The average Bonchev–Trinajstić information content (AvgIpc) is 2.35. The quantitative estimate of drug-likeness (QED) is 0.809. The van der Waals surface area contributed by atoms with Gasteiger partial charge in [-0.2, -0.15) is 0 Å². The molecule has 1 amide bonds. The summed E-state index contributed by atoms with van der Waals surface area (Å²) in [6.07, 6.45) is 0. The van der Waals surface area contributed by atoms with Crippen molar-refractivity contribution in [2.75, 3.05) is 43.9 Å². The molecule has 1 aromatic rings. The van der Waals surface area contributed by atoms with Crippen molar-refractivity contribution in [2.45, 2.75) is 0 Å². The van der Waals surface area contributed by atoms with Gasteiger partial charge in [-0.3, -0.25) is 9.69 Å². The minimum Gasteiger partial charge on any atom is -0.397 e. The van der Waals surface area contributed by atoms with Crippen molar-refractivity contribution in [1.82, 2.24) is 4.90 Å². The molecule has 1 aliphatic heterocycles. The number of carbonyl (C=O) groups excluding carboxylic acids is 1. The minimum absolute atomic E-state index is 0.0568. The predicted octanol–water partition coefficient (Wildman–Crippen LogP) is 1.19. The minimum atomic E-state index is -0.0568. The molecular formula is C12H16ClN3O2. The Morgan fingerprint density at radius 1 is 1.44 bits per heavy atom. The fourth-order valence-electron chi connectivity index (χ4n) is 1.78. The van der Waals surface area contributed by atoms with Crippen LogP contribution in [0.15, 0.2) is 18.2 Å². The third-order valence-corrected chi connectivity index (χ3v) is 3.09. The van der Waals surface area contributed by atoms with Gasteiger partial charge in [0.15, 0.2) is 0 Å². The molecule has 2 rings (SSSR count). The number of morpholine rings is 1. The summed E-state index contributed by atoms with van der Waals surface area (Å²) in [6.45, 7) is 3.31. The van der Waals surface area contributed by atoms with Crippen LogP contribution in [-0.4, -0.2) is 43.7 Å². The van der Waals surface area contributed by atoms with Crippen LogP contribution in [0.3, 0.4) is 0 Å². The first-order valence-electron chi connectivity index (χ1n) is 5.80. The number of amides is 1. The highest BCUT2D eigenvalue weighted by Gasteiger charge is 2.14. The van der Waals surface area contributed by atoms with Gasteiger partial charge in [-0.15, -0.1) is 0 Å². The fourth-order valence-corrected chi connectivity index (χ4v) is 1.90. The zero-order valence-corrected chi connectivity index (χ0v) is 10.7. The van der Waals surface area contributed by atoms with E-state index in [9.17, 15) is 4.79 Å². The first-order valence-corrected chi connectivity index (χ1v) is 6.18. The van der Waals surface area contributed by atoms with Crippen LogP contribution in [0.4, 0.5) is 11.4 Å². The van der Waals surface area contributed by atoms with E-state index in [1.54, 1.807) is 18.2 Å². The summed E-state index contributed by atoms with van der Waals surface area (Å²) in [7, 11) is 0. The van der Waals surface area contributed by atoms with Crippen LogP contribution >= 0.6 is 11.6 Å². The van der Waals surface area contributed by atoms with Crippen molar-refractivity contribution in [1.29, 1.82) is 0 Å². The number of hydrogen-bond acceptors (Lipinski definition) is 4. The number of benzene rings is 1. The SMILES string of the molecule is Nc1cc(NC(=O)CN2CCOCC2)ccc1Cl. The molecule has 0 aromatic heterocycles. The lowest BCUT2D eigenvalue weighted by molar-refractivity contribution is -0.118. The van der Waals surface area contributed by atoms with Gasteiger partial charge in [-0.25, -0.2) is 0 Å². The molecule has 0 spiro atoms. The Bertz CT molecular complexity index is 433. The zero-order valence-electron chi connectivity index (χ0n) is 9.99. The number of nitrogens with zero attached hydrogens (tertiary/aromatic N) is 1. The molecule has 0 saturated carbocycles. The van der Waals surface area contributed by atoms with Crippen LogP contribution in [0, 0.1) is 0 Å². The van der Waals surface area contributed by atoms with Gasteiger partial charge in [0, 0.05) is 18.8 Å². The molecule has 18 heavy (non-hydrogen) atoms. The number of ether oxygens (including phenoxy) is 1. The molecule has 98 valence electrons. The van der Waals surface area contributed by atoms with E-state index in [1.807, 2.05) is 0 Å². The Hall–Kier alpha value is -1.30. The molecule has 1 saturated heterocycles. The second-order valence-corrected chi connectivity index (χ2v) is 4.58. The summed E-state index contributed by atoms with van der Waals surface area (Å²) >= 11 is 5.81. The van der Waals surface area contributed by atoms with E-state index in [-0.39, 0.29) is 5.91 Å². The maximum Gasteiger partial charge on any atom is 0.238 e. The van der Waals surface area contributed by atoms with E-state index in [0.29, 0.717) is 36.2 Å². The van der Waals surface area contributed by atoms with Crippen molar-refractivity contribution in [3.63, 3.8) is 0 Å². The molecule has 1 heterocycles. The normalized spacial score (nSPS) is 16.5. The second-order valence-electron chi connectivity index (χ2n) is 4.17. The first-order chi connectivity index (χ1) is 8.65. The number of hydrogen-bond donors (Lipinski definition) is 2. The summed E-state index contributed by atoms with van der Waals surface area (Å²) < 4.78 is 5.22. The highest BCUT2D eigenvalue weighted by atomic mass is 35.5. The Morgan fingerprint density at radius 3 is 2.83 bits per heavy atom. The summed E-state index contributed by atoms with van der Waals surface area (Å²) in [4.78, 5) is 13.9. The topological polar surface area (TPSA) is 67.6 Å². The molecule has 0 unspecified atom stereocenters. The summed E-state index contributed by atoms with van der Waals surface area (Å²) in [5.74, 6) is -0.0568. The van der Waals surface area contributed by atoms with E-state index in [1.165, 1.54) is 0 Å². The molecule has 3 N–H and O–H groups in total. The molecule has 6 heteroatoms. The van der Waals surface area contributed by atoms with Crippen LogP contribution in [0.2, 0.25) is 5.02 Å². The molecule has 5 nitrogen and oxygen atoms in total. The van der Waals surface area contributed by atoms with Gasteiger partial charge < -0.3 is 15.8 Å². The number of nitrogen functional groups attached to an aromatic ring is 1. The Morgan fingerprint density at radius 2 is 2.17 bits per heavy atom.